The Bertz CT molecular complexity index is 417. The number of aliphatic hydroxyl groups is 7. The molecule has 0 saturated carbocycles. The van der Waals surface area contributed by atoms with Crippen LogP contribution in [-0.2, 0) is 6.42 Å². The summed E-state index contributed by atoms with van der Waals surface area (Å²) in [5.41, 5.74) is 0.291. The zero-order valence-electron chi connectivity index (χ0n) is 11.2. The van der Waals surface area contributed by atoms with Crippen molar-refractivity contribution in [1.82, 2.24) is 9.97 Å². The first-order valence-corrected chi connectivity index (χ1v) is 6.33. The van der Waals surface area contributed by atoms with Gasteiger partial charge in [0.25, 0.3) is 0 Å². The summed E-state index contributed by atoms with van der Waals surface area (Å²) >= 11 is 0. The van der Waals surface area contributed by atoms with Crippen molar-refractivity contribution in [1.29, 1.82) is 0 Å². The van der Waals surface area contributed by atoms with Crippen LogP contribution in [0.5, 0.6) is 0 Å². The van der Waals surface area contributed by atoms with Gasteiger partial charge in [-0.25, -0.2) is 0 Å². The minimum absolute atomic E-state index is 0.0176. The molecule has 0 amide bonds. The van der Waals surface area contributed by atoms with Crippen LogP contribution in [0, 0.1) is 0 Å². The lowest BCUT2D eigenvalue weighted by Crippen LogP contribution is -2.35. The smallest absolute Gasteiger partial charge is 0.126 e. The molecule has 1 aromatic heterocycles. The van der Waals surface area contributed by atoms with Crippen molar-refractivity contribution in [3.05, 3.63) is 23.8 Å². The van der Waals surface area contributed by atoms with Crippen molar-refractivity contribution in [2.24, 2.45) is 0 Å². The van der Waals surface area contributed by atoms with Crippen LogP contribution in [-0.4, -0.2) is 83.3 Å². The van der Waals surface area contributed by atoms with Crippen molar-refractivity contribution >= 4 is 0 Å². The molecule has 0 aliphatic heterocycles. The zero-order chi connectivity index (χ0) is 16.0. The second kappa shape index (κ2) is 8.29. The summed E-state index contributed by atoms with van der Waals surface area (Å²) in [4.78, 5) is 7.73. The molecule has 21 heavy (non-hydrogen) atoms. The number of aliphatic hydroxyl groups excluding tert-OH is 7. The molecular formula is C12H20N2O7. The minimum Gasteiger partial charge on any atom is -0.394 e. The normalized spacial score (nSPS) is 18.8. The first-order chi connectivity index (χ1) is 9.90. The fraction of sp³-hybridized carbons (Fsp3) is 0.667. The summed E-state index contributed by atoms with van der Waals surface area (Å²) in [6.07, 6.45) is -4.83. The van der Waals surface area contributed by atoms with E-state index in [-0.39, 0.29) is 12.1 Å². The Balaban J connectivity index is 2.69. The predicted molar refractivity (Wildman–Crippen MR) is 68.9 cm³/mol. The van der Waals surface area contributed by atoms with Gasteiger partial charge in [-0.1, -0.05) is 0 Å². The van der Waals surface area contributed by atoms with Crippen LogP contribution in [0.4, 0.5) is 0 Å². The third kappa shape index (κ3) is 4.93. The van der Waals surface area contributed by atoms with Gasteiger partial charge in [0.05, 0.1) is 36.9 Å². The average Bonchev–Trinajstić information content (AvgIpc) is 2.52. The van der Waals surface area contributed by atoms with E-state index in [2.05, 4.69) is 9.97 Å². The molecule has 9 nitrogen and oxygen atoms in total. The van der Waals surface area contributed by atoms with Crippen LogP contribution in [0.1, 0.15) is 17.5 Å². The highest BCUT2D eigenvalue weighted by atomic mass is 16.4. The maximum absolute atomic E-state index is 9.74. The Morgan fingerprint density at radius 2 is 1.43 bits per heavy atom. The van der Waals surface area contributed by atoms with E-state index in [1.165, 1.54) is 6.20 Å². The second-order valence-corrected chi connectivity index (χ2v) is 4.64. The fourth-order valence-electron chi connectivity index (χ4n) is 1.59. The van der Waals surface area contributed by atoms with E-state index in [0.717, 1.165) is 6.20 Å². The number of hydrogen-bond acceptors (Lipinski definition) is 9. The molecule has 1 heterocycles. The zero-order valence-corrected chi connectivity index (χ0v) is 11.2. The van der Waals surface area contributed by atoms with Crippen LogP contribution >= 0.6 is 0 Å². The molecular weight excluding hydrogens is 284 g/mol. The summed E-state index contributed by atoms with van der Waals surface area (Å²) < 4.78 is 0. The third-order valence-corrected chi connectivity index (χ3v) is 2.98. The second-order valence-electron chi connectivity index (χ2n) is 4.64. The molecule has 0 aromatic carbocycles. The lowest BCUT2D eigenvalue weighted by Gasteiger charge is -2.21. The Morgan fingerprint density at radius 1 is 0.810 bits per heavy atom. The Labute approximate surface area is 120 Å². The van der Waals surface area contributed by atoms with Crippen molar-refractivity contribution in [3.63, 3.8) is 0 Å². The maximum atomic E-state index is 9.74. The van der Waals surface area contributed by atoms with E-state index in [1.54, 1.807) is 0 Å². The van der Waals surface area contributed by atoms with E-state index in [1.807, 2.05) is 0 Å². The van der Waals surface area contributed by atoms with Crippen molar-refractivity contribution < 1.29 is 35.7 Å². The van der Waals surface area contributed by atoms with Gasteiger partial charge in [0, 0.05) is 12.6 Å². The van der Waals surface area contributed by atoms with Gasteiger partial charge in [-0.3, -0.25) is 9.97 Å². The molecule has 0 radical (unpaired) electrons. The number of aromatic nitrogens is 2. The van der Waals surface area contributed by atoms with E-state index in [9.17, 15) is 25.5 Å². The van der Waals surface area contributed by atoms with Gasteiger partial charge >= 0.3 is 0 Å². The quantitative estimate of drug-likeness (QED) is 0.257. The molecule has 7 N–H and O–H groups in total. The van der Waals surface area contributed by atoms with E-state index >= 15 is 0 Å². The van der Waals surface area contributed by atoms with Gasteiger partial charge in [-0.05, 0) is 0 Å². The van der Waals surface area contributed by atoms with E-state index < -0.39 is 43.7 Å². The van der Waals surface area contributed by atoms with Crippen LogP contribution in [0.3, 0.4) is 0 Å². The van der Waals surface area contributed by atoms with Crippen molar-refractivity contribution in [2.45, 2.75) is 36.9 Å². The van der Waals surface area contributed by atoms with Crippen molar-refractivity contribution in [3.8, 4) is 0 Å². The first kappa shape index (κ1) is 17.9. The molecule has 1 rings (SSSR count). The molecule has 0 aliphatic rings. The van der Waals surface area contributed by atoms with Gasteiger partial charge in [-0.2, -0.15) is 0 Å². The van der Waals surface area contributed by atoms with Crippen LogP contribution in [0.2, 0.25) is 0 Å². The fourth-order valence-corrected chi connectivity index (χ4v) is 1.59. The standard InChI is InChI=1S/C12H20N2O7/c15-4-9(18)8(17)1-6-2-14-7(3-13-6)11(20)12(21)10(19)5-16/h2-3,8-12,15-21H,1,4-5H2/t8-,9+,10+,11-,12+/m0/s1. The highest BCUT2D eigenvalue weighted by Gasteiger charge is 2.26. The lowest BCUT2D eigenvalue weighted by atomic mass is 10.1. The summed E-state index contributed by atoms with van der Waals surface area (Å²) in [6.45, 7) is -1.30. The van der Waals surface area contributed by atoms with Gasteiger partial charge in [0.1, 0.15) is 24.4 Å². The van der Waals surface area contributed by atoms with Crippen LogP contribution in [0.15, 0.2) is 12.4 Å². The Morgan fingerprint density at radius 3 is 1.90 bits per heavy atom. The maximum Gasteiger partial charge on any atom is 0.126 e. The first-order valence-electron chi connectivity index (χ1n) is 6.33. The van der Waals surface area contributed by atoms with E-state index in [0.29, 0.717) is 5.69 Å². The van der Waals surface area contributed by atoms with E-state index in [4.69, 9.17) is 10.2 Å². The summed E-state index contributed by atoms with van der Waals surface area (Å²) in [5.74, 6) is 0. The Kier molecular flexibility index (Phi) is 7.05. The predicted octanol–water partition coefficient (Wildman–Crippen LogP) is -3.52. The average molecular weight is 304 g/mol. The summed E-state index contributed by atoms with van der Waals surface area (Å²) in [7, 11) is 0. The topological polar surface area (TPSA) is 167 Å². The van der Waals surface area contributed by atoms with Crippen LogP contribution < -0.4 is 0 Å². The molecule has 120 valence electrons. The molecule has 9 heteroatoms. The highest BCUT2D eigenvalue weighted by Crippen LogP contribution is 2.16. The number of rotatable bonds is 8. The Hall–Kier alpha value is -1.20. The molecule has 0 bridgehead atoms. The van der Waals surface area contributed by atoms with Gasteiger partial charge in [0.15, 0.2) is 0 Å². The minimum atomic E-state index is -1.61. The molecule has 1 aromatic rings. The third-order valence-electron chi connectivity index (χ3n) is 2.98. The van der Waals surface area contributed by atoms with Gasteiger partial charge in [0.2, 0.25) is 0 Å². The van der Waals surface area contributed by atoms with Crippen LogP contribution in [0.25, 0.3) is 0 Å². The highest BCUT2D eigenvalue weighted by molar-refractivity contribution is 5.08. The molecule has 0 saturated heterocycles. The molecule has 0 fully saturated rings. The summed E-state index contributed by atoms with van der Waals surface area (Å²) in [6, 6.07) is 0. The molecule has 5 atom stereocenters. The lowest BCUT2D eigenvalue weighted by molar-refractivity contribution is -0.0790. The summed E-state index contributed by atoms with van der Waals surface area (Å²) in [5, 5.41) is 64.6. The molecule has 0 spiro atoms. The van der Waals surface area contributed by atoms with Gasteiger partial charge in [-0.15, -0.1) is 0 Å². The number of nitrogens with zero attached hydrogens (tertiary/aromatic N) is 2. The largest absolute Gasteiger partial charge is 0.394 e. The van der Waals surface area contributed by atoms with Crippen molar-refractivity contribution in [2.75, 3.05) is 13.2 Å². The molecule has 0 unspecified atom stereocenters. The molecule has 0 aliphatic carbocycles. The SMILES string of the molecule is OC[C@@H](O)[C@@H](O)[C@@H](O)c1cnc(C[C@H](O)[C@H](O)CO)cn1. The van der Waals surface area contributed by atoms with Gasteiger partial charge < -0.3 is 35.7 Å². The number of hydrogen-bond donors (Lipinski definition) is 7. The monoisotopic (exact) mass is 304 g/mol.